The van der Waals surface area contributed by atoms with Crippen molar-refractivity contribution in [3.8, 4) is 0 Å². The molecule has 0 aliphatic carbocycles. The van der Waals surface area contributed by atoms with Crippen molar-refractivity contribution in [1.82, 2.24) is 5.32 Å². The molecule has 4 rings (SSSR count). The van der Waals surface area contributed by atoms with Gasteiger partial charge in [0.15, 0.2) is 0 Å². The molecule has 4 aromatic carbocycles. The number of rotatable bonds is 10. The van der Waals surface area contributed by atoms with Gasteiger partial charge in [-0.05, 0) is 72.3 Å². The molecular formula is C32H28Cl2N4O3S. The first-order valence-corrected chi connectivity index (χ1v) is 14.6. The third-order valence-electron chi connectivity index (χ3n) is 5.86. The van der Waals surface area contributed by atoms with Crippen molar-refractivity contribution in [1.29, 1.82) is 0 Å². The molecule has 7 nitrogen and oxygen atoms in total. The summed E-state index contributed by atoms with van der Waals surface area (Å²) in [6.07, 6.45) is 1.63. The van der Waals surface area contributed by atoms with Gasteiger partial charge in [-0.25, -0.2) is 0 Å². The molecule has 0 heterocycles. The van der Waals surface area contributed by atoms with Crippen LogP contribution in [0.5, 0.6) is 0 Å². The number of amides is 3. The largest absolute Gasteiger partial charge is 0.378 e. The first-order chi connectivity index (χ1) is 20.2. The number of hydrogen-bond donors (Lipinski definition) is 3. The summed E-state index contributed by atoms with van der Waals surface area (Å²) in [5, 5.41) is 9.22. The second-order valence-electron chi connectivity index (χ2n) is 9.34. The molecule has 0 atom stereocenters. The normalized spacial score (nSPS) is 11.0. The van der Waals surface area contributed by atoms with Gasteiger partial charge in [-0.2, -0.15) is 0 Å². The first-order valence-electron chi connectivity index (χ1n) is 12.8. The lowest BCUT2D eigenvalue weighted by atomic mass is 10.1. The van der Waals surface area contributed by atoms with Crippen molar-refractivity contribution >= 4 is 75.8 Å². The average Bonchev–Trinajstić information content (AvgIpc) is 2.96. The molecule has 0 bridgehead atoms. The Morgan fingerprint density at radius 3 is 2.14 bits per heavy atom. The molecule has 0 unspecified atom stereocenters. The Bertz CT molecular complexity index is 1590. The number of hydrogen-bond acceptors (Lipinski definition) is 5. The number of nitrogens with one attached hydrogen (secondary N) is 3. The Hall–Kier alpha value is -4.24. The van der Waals surface area contributed by atoms with E-state index in [9.17, 15) is 14.4 Å². The predicted molar refractivity (Wildman–Crippen MR) is 174 cm³/mol. The minimum Gasteiger partial charge on any atom is -0.378 e. The van der Waals surface area contributed by atoms with E-state index in [0.717, 1.165) is 16.1 Å². The van der Waals surface area contributed by atoms with Gasteiger partial charge in [0, 0.05) is 51.7 Å². The summed E-state index contributed by atoms with van der Waals surface area (Å²) in [6, 6.07) is 28.2. The molecule has 0 saturated heterocycles. The summed E-state index contributed by atoms with van der Waals surface area (Å²) in [7, 11) is 3.88. The molecule has 0 saturated carbocycles. The van der Waals surface area contributed by atoms with Crippen LogP contribution in [0.2, 0.25) is 10.0 Å². The smallest absolute Gasteiger partial charge is 0.272 e. The Labute approximate surface area is 258 Å². The fraction of sp³-hybridized carbons (Fsp3) is 0.0938. The molecule has 3 N–H and O–H groups in total. The van der Waals surface area contributed by atoms with Crippen LogP contribution in [-0.4, -0.2) is 37.6 Å². The molecule has 0 aliphatic rings. The number of halogens is 2. The summed E-state index contributed by atoms with van der Waals surface area (Å²) in [5.41, 5.74) is 3.28. The molecule has 42 heavy (non-hydrogen) atoms. The van der Waals surface area contributed by atoms with Crippen molar-refractivity contribution in [2.45, 2.75) is 4.90 Å². The lowest BCUT2D eigenvalue weighted by Crippen LogP contribution is -2.30. The number of carbonyl (C=O) groups excluding carboxylic acids is 3. The monoisotopic (exact) mass is 618 g/mol. The van der Waals surface area contributed by atoms with Gasteiger partial charge in [-0.1, -0.05) is 59.6 Å². The molecular weight excluding hydrogens is 591 g/mol. The number of nitrogens with zero attached hydrogens (tertiary/aromatic N) is 1. The van der Waals surface area contributed by atoms with Crippen molar-refractivity contribution in [3.63, 3.8) is 0 Å². The lowest BCUT2D eigenvalue weighted by Gasteiger charge is -2.14. The van der Waals surface area contributed by atoms with Crippen LogP contribution in [0.4, 0.5) is 17.1 Å². The summed E-state index contributed by atoms with van der Waals surface area (Å²) >= 11 is 13.3. The zero-order valence-corrected chi connectivity index (χ0v) is 25.2. The van der Waals surface area contributed by atoms with E-state index in [1.165, 1.54) is 11.8 Å². The molecule has 214 valence electrons. The Morgan fingerprint density at radius 1 is 0.786 bits per heavy atom. The van der Waals surface area contributed by atoms with Crippen LogP contribution in [0.15, 0.2) is 108 Å². The van der Waals surface area contributed by atoms with Gasteiger partial charge in [-0.15, -0.1) is 11.8 Å². The predicted octanol–water partition coefficient (Wildman–Crippen LogP) is 7.20. The summed E-state index contributed by atoms with van der Waals surface area (Å²) in [5.74, 6) is -1.00. The highest BCUT2D eigenvalue weighted by atomic mass is 35.5. The second kappa shape index (κ2) is 14.6. The summed E-state index contributed by atoms with van der Waals surface area (Å²) < 4.78 is 0. The third kappa shape index (κ3) is 9.14. The quantitative estimate of drug-likeness (QED) is 0.129. The average molecular weight is 620 g/mol. The molecule has 0 aromatic heterocycles. The SMILES string of the molecule is CN(C)c1ccc(/C=C(/NC(=O)c2ccccc2)C(=O)Nc2cccc(SCC(=O)Nc3cc(Cl)cc(Cl)c3)c2)cc1. The van der Waals surface area contributed by atoms with E-state index in [2.05, 4.69) is 16.0 Å². The van der Waals surface area contributed by atoms with E-state index >= 15 is 0 Å². The lowest BCUT2D eigenvalue weighted by molar-refractivity contribution is -0.114. The van der Waals surface area contributed by atoms with Crippen LogP contribution in [-0.2, 0) is 9.59 Å². The van der Waals surface area contributed by atoms with Gasteiger partial charge in [0.1, 0.15) is 5.70 Å². The van der Waals surface area contributed by atoms with Crippen molar-refractivity contribution in [2.75, 3.05) is 35.4 Å². The maximum atomic E-state index is 13.4. The molecule has 0 radical (unpaired) electrons. The molecule has 4 aromatic rings. The third-order valence-corrected chi connectivity index (χ3v) is 7.29. The van der Waals surface area contributed by atoms with E-state index in [0.29, 0.717) is 27.0 Å². The molecule has 3 amide bonds. The fourth-order valence-electron chi connectivity index (χ4n) is 3.81. The van der Waals surface area contributed by atoms with Gasteiger partial charge in [0.05, 0.1) is 5.75 Å². The number of thioether (sulfide) groups is 1. The maximum absolute atomic E-state index is 13.4. The molecule has 0 aliphatic heterocycles. The van der Waals surface area contributed by atoms with Crippen LogP contribution < -0.4 is 20.9 Å². The van der Waals surface area contributed by atoms with Gasteiger partial charge >= 0.3 is 0 Å². The highest BCUT2D eigenvalue weighted by molar-refractivity contribution is 8.00. The first kappa shape index (κ1) is 30.7. The summed E-state index contributed by atoms with van der Waals surface area (Å²) in [6.45, 7) is 0. The zero-order chi connectivity index (χ0) is 30.1. The van der Waals surface area contributed by atoms with Crippen LogP contribution in [0, 0.1) is 0 Å². The van der Waals surface area contributed by atoms with Gasteiger partial charge in [-0.3, -0.25) is 14.4 Å². The number of anilines is 3. The molecule has 0 spiro atoms. The topological polar surface area (TPSA) is 90.5 Å². The van der Waals surface area contributed by atoms with Gasteiger partial charge in [0.25, 0.3) is 11.8 Å². The molecule has 10 heteroatoms. The van der Waals surface area contributed by atoms with E-state index < -0.39 is 11.8 Å². The minimum absolute atomic E-state index is 0.0825. The van der Waals surface area contributed by atoms with Gasteiger partial charge < -0.3 is 20.9 Å². The van der Waals surface area contributed by atoms with E-state index in [1.54, 1.807) is 66.7 Å². The van der Waals surface area contributed by atoms with E-state index in [-0.39, 0.29) is 17.4 Å². The Balaban J connectivity index is 1.46. The fourth-order valence-corrected chi connectivity index (χ4v) is 5.09. The Morgan fingerprint density at radius 2 is 1.48 bits per heavy atom. The number of benzene rings is 4. The van der Waals surface area contributed by atoms with Crippen LogP contribution in [0.1, 0.15) is 15.9 Å². The van der Waals surface area contributed by atoms with Crippen LogP contribution in [0.25, 0.3) is 6.08 Å². The maximum Gasteiger partial charge on any atom is 0.272 e. The van der Waals surface area contributed by atoms with Crippen LogP contribution in [0.3, 0.4) is 0 Å². The van der Waals surface area contributed by atoms with Crippen LogP contribution >= 0.6 is 35.0 Å². The van der Waals surface area contributed by atoms with Crippen molar-refractivity contribution < 1.29 is 14.4 Å². The zero-order valence-electron chi connectivity index (χ0n) is 22.9. The summed E-state index contributed by atoms with van der Waals surface area (Å²) in [4.78, 5) is 41.5. The van der Waals surface area contributed by atoms with Gasteiger partial charge in [0.2, 0.25) is 5.91 Å². The highest BCUT2D eigenvalue weighted by Crippen LogP contribution is 2.25. The van der Waals surface area contributed by atoms with E-state index in [4.69, 9.17) is 23.2 Å². The van der Waals surface area contributed by atoms with Crippen molar-refractivity contribution in [2.24, 2.45) is 0 Å². The Kier molecular flexibility index (Phi) is 10.7. The number of carbonyl (C=O) groups is 3. The highest BCUT2D eigenvalue weighted by Gasteiger charge is 2.16. The second-order valence-corrected chi connectivity index (χ2v) is 11.3. The molecule has 0 fully saturated rings. The van der Waals surface area contributed by atoms with Crippen molar-refractivity contribution in [3.05, 3.63) is 124 Å². The standard InChI is InChI=1S/C32H28Cl2N4O3S/c1-38(2)27-13-11-21(12-14-27)15-29(37-31(40)22-7-4-3-5-8-22)32(41)36-25-9-6-10-28(19-25)42-20-30(39)35-26-17-23(33)16-24(34)18-26/h3-19H,20H2,1-2H3,(H,35,39)(H,36,41)(H,37,40)/b29-15+. The van der Waals surface area contributed by atoms with E-state index in [1.807, 2.05) is 55.4 Å². The minimum atomic E-state index is -0.492.